The van der Waals surface area contributed by atoms with Crippen molar-refractivity contribution in [2.24, 2.45) is 0 Å². The summed E-state index contributed by atoms with van der Waals surface area (Å²) in [4.78, 5) is 14.4. The van der Waals surface area contributed by atoms with Crippen LogP contribution in [-0.4, -0.2) is 20.2 Å². The number of hydrogen-bond acceptors (Lipinski definition) is 4. The van der Waals surface area contributed by atoms with Crippen molar-refractivity contribution in [1.82, 2.24) is 15.0 Å². The first-order valence-electron chi connectivity index (χ1n) is 7.25. The Morgan fingerprint density at radius 1 is 1.11 bits per heavy atom. The van der Waals surface area contributed by atoms with Crippen LogP contribution >= 0.6 is 11.8 Å². The highest BCUT2D eigenvalue weighted by Crippen LogP contribution is 2.40. The molecule has 4 heteroatoms. The lowest BCUT2D eigenvalue weighted by atomic mass is 10.1. The lowest BCUT2D eigenvalue weighted by Crippen LogP contribution is -2.01. The van der Waals surface area contributed by atoms with E-state index in [1.807, 2.05) is 25.6 Å². The summed E-state index contributed by atoms with van der Waals surface area (Å²) in [6, 6.07) is 0. The molecular weight excluding hydrogens is 254 g/mol. The van der Waals surface area contributed by atoms with Crippen molar-refractivity contribution in [3.05, 3.63) is 23.5 Å². The Bertz CT molecular complexity index is 436. The van der Waals surface area contributed by atoms with Gasteiger partial charge in [-0.25, -0.2) is 15.0 Å². The van der Waals surface area contributed by atoms with Crippen molar-refractivity contribution >= 4 is 16.7 Å². The highest BCUT2D eigenvalue weighted by Gasteiger charge is 2.20. The lowest BCUT2D eigenvalue weighted by Gasteiger charge is -2.09. The number of thioether (sulfide) groups is 1. The van der Waals surface area contributed by atoms with Gasteiger partial charge in [0.05, 0.1) is 0 Å². The molecule has 0 spiro atoms. The van der Waals surface area contributed by atoms with E-state index in [4.69, 9.17) is 0 Å². The number of rotatable bonds is 6. The van der Waals surface area contributed by atoms with Gasteiger partial charge in [0.15, 0.2) is 5.82 Å². The van der Waals surface area contributed by atoms with Gasteiger partial charge in [-0.3, -0.25) is 0 Å². The second kappa shape index (κ2) is 7.04. The van der Waals surface area contributed by atoms with Crippen LogP contribution in [-0.2, 0) is 0 Å². The van der Waals surface area contributed by atoms with Crippen molar-refractivity contribution in [3.8, 4) is 0 Å². The Labute approximate surface area is 120 Å². The van der Waals surface area contributed by atoms with Gasteiger partial charge in [0, 0.05) is 10.2 Å². The fourth-order valence-corrected chi connectivity index (χ4v) is 3.58. The molecule has 0 aromatic carbocycles. The smallest absolute Gasteiger partial charge is 0.169 e. The molecule has 104 valence electrons. The molecule has 1 aliphatic rings. The molecule has 3 nitrogen and oxygen atoms in total. The molecule has 0 bridgehead atoms. The van der Waals surface area contributed by atoms with Crippen LogP contribution in [0, 0.1) is 13.8 Å². The molecule has 2 rings (SSSR count). The maximum absolute atomic E-state index is 4.45. The Hall–Kier alpha value is -0.900. The summed E-state index contributed by atoms with van der Waals surface area (Å²) >= 11 is 1.95. The molecule has 1 aromatic rings. The number of aryl methyl sites for hydroxylation is 2. The topological polar surface area (TPSA) is 38.7 Å². The fraction of sp³-hybridized carbons (Fsp3) is 0.667. The van der Waals surface area contributed by atoms with Gasteiger partial charge < -0.3 is 0 Å². The van der Waals surface area contributed by atoms with Crippen LogP contribution in [0.2, 0.25) is 0 Å². The zero-order chi connectivity index (χ0) is 13.7. The van der Waals surface area contributed by atoms with E-state index in [9.17, 15) is 0 Å². The maximum Gasteiger partial charge on any atom is 0.169 e. The first-order chi connectivity index (χ1) is 9.19. The standard InChI is InChI=1S/C15H23N3S/c1-4-5-6-7-8-13-9-10-14(19-13)15-17-11(2)16-12(3)18-15/h10,13H,4-9H2,1-3H3. The van der Waals surface area contributed by atoms with Crippen LogP contribution < -0.4 is 0 Å². The van der Waals surface area contributed by atoms with Gasteiger partial charge in [-0.05, 0) is 26.7 Å². The molecule has 1 aromatic heterocycles. The van der Waals surface area contributed by atoms with Gasteiger partial charge in [-0.1, -0.05) is 38.7 Å². The SMILES string of the molecule is CCCCCCC1CC=C(c2nc(C)nc(C)n2)S1. The number of nitrogens with zero attached hydrogens (tertiary/aromatic N) is 3. The summed E-state index contributed by atoms with van der Waals surface area (Å²) in [7, 11) is 0. The molecular formula is C15H23N3S. The van der Waals surface area contributed by atoms with Gasteiger partial charge in [0.1, 0.15) is 11.6 Å². The van der Waals surface area contributed by atoms with E-state index in [2.05, 4.69) is 28.0 Å². The highest BCUT2D eigenvalue weighted by molar-refractivity contribution is 8.09. The third-order valence-electron chi connectivity index (χ3n) is 3.32. The molecule has 19 heavy (non-hydrogen) atoms. The van der Waals surface area contributed by atoms with Gasteiger partial charge >= 0.3 is 0 Å². The number of unbranched alkanes of at least 4 members (excludes halogenated alkanes) is 3. The van der Waals surface area contributed by atoms with Gasteiger partial charge in [0.2, 0.25) is 0 Å². The molecule has 1 atom stereocenters. The summed E-state index contributed by atoms with van der Waals surface area (Å²) in [5, 5.41) is 0.726. The molecule has 0 radical (unpaired) electrons. The van der Waals surface area contributed by atoms with Crippen LogP contribution in [0.3, 0.4) is 0 Å². The fourth-order valence-electron chi connectivity index (χ4n) is 2.36. The predicted molar refractivity (Wildman–Crippen MR) is 82.0 cm³/mol. The molecule has 2 heterocycles. The maximum atomic E-state index is 4.45. The van der Waals surface area contributed by atoms with Gasteiger partial charge in [0.25, 0.3) is 0 Å². The van der Waals surface area contributed by atoms with Gasteiger partial charge in [-0.15, -0.1) is 11.8 Å². The quantitative estimate of drug-likeness (QED) is 0.726. The summed E-state index contributed by atoms with van der Waals surface area (Å²) < 4.78 is 0. The molecule has 0 saturated carbocycles. The number of allylic oxidation sites excluding steroid dienone is 1. The van der Waals surface area contributed by atoms with E-state index in [1.165, 1.54) is 37.0 Å². The van der Waals surface area contributed by atoms with Crippen LogP contribution in [0.25, 0.3) is 4.91 Å². The van der Waals surface area contributed by atoms with Crippen molar-refractivity contribution < 1.29 is 0 Å². The lowest BCUT2D eigenvalue weighted by molar-refractivity contribution is 0.621. The normalized spacial score (nSPS) is 18.7. The van der Waals surface area contributed by atoms with Crippen LogP contribution in [0.4, 0.5) is 0 Å². The van der Waals surface area contributed by atoms with E-state index < -0.39 is 0 Å². The Kier molecular flexibility index (Phi) is 5.37. The minimum absolute atomic E-state index is 0.726. The second-order valence-corrected chi connectivity index (χ2v) is 6.49. The first kappa shape index (κ1) is 14.5. The number of aromatic nitrogens is 3. The molecule has 0 saturated heterocycles. The number of hydrogen-bond donors (Lipinski definition) is 0. The molecule has 0 fully saturated rings. The predicted octanol–water partition coefficient (Wildman–Crippen LogP) is 4.31. The van der Waals surface area contributed by atoms with Crippen LogP contribution in [0.1, 0.15) is 62.9 Å². The van der Waals surface area contributed by atoms with E-state index in [0.29, 0.717) is 0 Å². The molecule has 0 N–H and O–H groups in total. The Morgan fingerprint density at radius 2 is 1.84 bits per heavy atom. The van der Waals surface area contributed by atoms with Crippen molar-refractivity contribution in [2.45, 2.75) is 64.5 Å². The second-order valence-electron chi connectivity index (χ2n) is 5.15. The van der Waals surface area contributed by atoms with Crippen molar-refractivity contribution in [1.29, 1.82) is 0 Å². The van der Waals surface area contributed by atoms with Crippen molar-refractivity contribution in [2.75, 3.05) is 0 Å². The summed E-state index contributed by atoms with van der Waals surface area (Å²) in [6.45, 7) is 6.12. The first-order valence-corrected chi connectivity index (χ1v) is 8.13. The zero-order valence-electron chi connectivity index (χ0n) is 12.1. The average Bonchev–Trinajstić information content (AvgIpc) is 2.82. The molecule has 0 aliphatic carbocycles. The van der Waals surface area contributed by atoms with E-state index in [-0.39, 0.29) is 0 Å². The zero-order valence-corrected chi connectivity index (χ0v) is 13.0. The minimum atomic E-state index is 0.726. The van der Waals surface area contributed by atoms with E-state index in [1.54, 1.807) is 0 Å². The van der Waals surface area contributed by atoms with Gasteiger partial charge in [-0.2, -0.15) is 0 Å². The Balaban J connectivity index is 1.87. The monoisotopic (exact) mass is 277 g/mol. The third kappa shape index (κ3) is 4.30. The van der Waals surface area contributed by atoms with Crippen molar-refractivity contribution in [3.63, 3.8) is 0 Å². The van der Waals surface area contributed by atoms with E-state index >= 15 is 0 Å². The minimum Gasteiger partial charge on any atom is -0.219 e. The molecule has 1 unspecified atom stereocenters. The van der Waals surface area contributed by atoms with E-state index in [0.717, 1.165) is 29.1 Å². The van der Waals surface area contributed by atoms with Crippen LogP contribution in [0.15, 0.2) is 6.08 Å². The third-order valence-corrected chi connectivity index (χ3v) is 4.68. The summed E-state index contributed by atoms with van der Waals surface area (Å²) in [5.41, 5.74) is 0. The largest absolute Gasteiger partial charge is 0.219 e. The average molecular weight is 277 g/mol. The summed E-state index contributed by atoms with van der Waals surface area (Å²) in [6.07, 6.45) is 10.2. The molecule has 0 amide bonds. The highest BCUT2D eigenvalue weighted by atomic mass is 32.2. The summed E-state index contributed by atoms with van der Waals surface area (Å²) in [5.74, 6) is 2.50. The molecule has 1 aliphatic heterocycles. The Morgan fingerprint density at radius 3 is 2.53 bits per heavy atom. The van der Waals surface area contributed by atoms with Crippen LogP contribution in [0.5, 0.6) is 0 Å².